The Morgan fingerprint density at radius 1 is 1.33 bits per heavy atom. The smallest absolute Gasteiger partial charge is 0.208 e. The minimum absolute atomic E-state index is 0.224. The summed E-state index contributed by atoms with van der Waals surface area (Å²) in [5, 5.41) is 0. The summed E-state index contributed by atoms with van der Waals surface area (Å²) in [4.78, 5) is -0.318. The Morgan fingerprint density at radius 3 is 2.44 bits per heavy atom. The Bertz CT molecular complexity index is 517. The number of sulfonamides is 1. The van der Waals surface area contributed by atoms with E-state index in [1.807, 2.05) is 13.8 Å². The van der Waals surface area contributed by atoms with E-state index in [-0.39, 0.29) is 10.9 Å². The molecule has 0 saturated carbocycles. The van der Waals surface area contributed by atoms with Crippen LogP contribution in [0.5, 0.6) is 0 Å². The number of benzene rings is 1. The molecule has 0 amide bonds. The van der Waals surface area contributed by atoms with Gasteiger partial charge in [0.1, 0.15) is 10.7 Å². The zero-order valence-electron chi connectivity index (χ0n) is 10.6. The van der Waals surface area contributed by atoms with E-state index in [2.05, 4.69) is 20.7 Å². The van der Waals surface area contributed by atoms with Crippen LogP contribution in [0, 0.1) is 11.7 Å². The molecule has 0 aliphatic rings. The van der Waals surface area contributed by atoms with Crippen molar-refractivity contribution in [1.29, 1.82) is 0 Å². The fourth-order valence-electron chi connectivity index (χ4n) is 1.78. The monoisotopic (exact) mass is 337 g/mol. The van der Waals surface area contributed by atoms with Gasteiger partial charge in [-0.1, -0.05) is 29.8 Å². The molecule has 1 aromatic carbocycles. The summed E-state index contributed by atoms with van der Waals surface area (Å²) in [5.74, 6) is -0.383. The lowest BCUT2D eigenvalue weighted by Gasteiger charge is -2.16. The average Bonchev–Trinajstić information content (AvgIpc) is 2.13. The molecule has 18 heavy (non-hydrogen) atoms. The van der Waals surface area contributed by atoms with Crippen molar-refractivity contribution < 1.29 is 12.8 Å². The van der Waals surface area contributed by atoms with E-state index in [4.69, 9.17) is 0 Å². The van der Waals surface area contributed by atoms with Crippen molar-refractivity contribution in [3.05, 3.63) is 28.5 Å². The Balaban J connectivity index is 2.93. The van der Waals surface area contributed by atoms with Gasteiger partial charge in [-0.15, -0.1) is 0 Å². The first kappa shape index (κ1) is 15.6. The summed E-state index contributed by atoms with van der Waals surface area (Å²) < 4.78 is 40.6. The highest BCUT2D eigenvalue weighted by Crippen LogP contribution is 2.20. The molecule has 0 saturated heterocycles. The minimum atomic E-state index is -3.80. The van der Waals surface area contributed by atoms with E-state index in [1.165, 1.54) is 12.1 Å². The van der Waals surface area contributed by atoms with E-state index in [0.717, 1.165) is 6.07 Å². The molecule has 0 bridgehead atoms. The van der Waals surface area contributed by atoms with Crippen LogP contribution in [0.1, 0.15) is 27.2 Å². The predicted octanol–water partition coefficient (Wildman–Crippen LogP) is 3.30. The number of rotatable bonds is 5. The van der Waals surface area contributed by atoms with Gasteiger partial charge in [-0.3, -0.25) is 0 Å². The second kappa shape index (κ2) is 6.12. The van der Waals surface area contributed by atoms with Gasteiger partial charge in [0.05, 0.1) is 0 Å². The van der Waals surface area contributed by atoms with Crippen LogP contribution in [0.3, 0.4) is 0 Å². The molecule has 0 aliphatic heterocycles. The largest absolute Gasteiger partial charge is 0.243 e. The molecule has 1 unspecified atom stereocenters. The van der Waals surface area contributed by atoms with E-state index < -0.39 is 15.8 Å². The normalized spacial score (nSPS) is 13.9. The van der Waals surface area contributed by atoms with Crippen molar-refractivity contribution in [2.75, 3.05) is 0 Å². The summed E-state index contributed by atoms with van der Waals surface area (Å²) >= 11 is 3.09. The Hall–Kier alpha value is -0.460. The van der Waals surface area contributed by atoms with Gasteiger partial charge in [-0.2, -0.15) is 0 Å². The zero-order valence-corrected chi connectivity index (χ0v) is 13.0. The van der Waals surface area contributed by atoms with Crippen molar-refractivity contribution in [3.63, 3.8) is 0 Å². The number of halogens is 2. The standard InChI is InChI=1S/C12H17BrFNO2S/c1-8(2)6-9(3)15-18(16,17)12-5-4-10(13)7-11(12)14/h4-5,7-9,15H,6H2,1-3H3. The van der Waals surface area contributed by atoms with Crippen LogP contribution in [-0.2, 0) is 10.0 Å². The third-order valence-electron chi connectivity index (χ3n) is 2.36. The van der Waals surface area contributed by atoms with Crippen molar-refractivity contribution >= 4 is 26.0 Å². The first-order valence-corrected chi connectivity index (χ1v) is 7.97. The molecule has 3 nitrogen and oxygen atoms in total. The Kier molecular flexibility index (Phi) is 5.31. The van der Waals surface area contributed by atoms with Crippen LogP contribution in [0.4, 0.5) is 4.39 Å². The van der Waals surface area contributed by atoms with Crippen LogP contribution >= 0.6 is 15.9 Å². The second-order valence-corrected chi connectivity index (χ2v) is 7.32. The number of nitrogens with one attached hydrogen (secondary N) is 1. The number of hydrogen-bond acceptors (Lipinski definition) is 2. The average molecular weight is 338 g/mol. The van der Waals surface area contributed by atoms with E-state index >= 15 is 0 Å². The molecule has 102 valence electrons. The lowest BCUT2D eigenvalue weighted by molar-refractivity contribution is 0.480. The van der Waals surface area contributed by atoms with Crippen LogP contribution in [-0.4, -0.2) is 14.5 Å². The first-order chi connectivity index (χ1) is 8.22. The molecule has 1 atom stereocenters. The van der Waals surface area contributed by atoms with Gasteiger partial charge >= 0.3 is 0 Å². The summed E-state index contributed by atoms with van der Waals surface area (Å²) in [5.41, 5.74) is 0. The fourth-order valence-corrected chi connectivity index (χ4v) is 3.43. The Morgan fingerprint density at radius 2 is 1.94 bits per heavy atom. The maximum atomic E-state index is 13.6. The molecule has 0 spiro atoms. The first-order valence-electron chi connectivity index (χ1n) is 5.69. The van der Waals surface area contributed by atoms with Gasteiger partial charge < -0.3 is 0 Å². The molecule has 0 radical (unpaired) electrons. The highest BCUT2D eigenvalue weighted by molar-refractivity contribution is 9.10. The van der Waals surface area contributed by atoms with E-state index in [9.17, 15) is 12.8 Å². The van der Waals surface area contributed by atoms with Gasteiger partial charge in [-0.25, -0.2) is 17.5 Å². The van der Waals surface area contributed by atoms with Crippen molar-refractivity contribution in [3.8, 4) is 0 Å². The summed E-state index contributed by atoms with van der Waals surface area (Å²) in [7, 11) is -3.80. The lowest BCUT2D eigenvalue weighted by Crippen LogP contribution is -2.34. The minimum Gasteiger partial charge on any atom is -0.208 e. The van der Waals surface area contributed by atoms with Crippen LogP contribution < -0.4 is 4.72 Å². The molecule has 6 heteroatoms. The molecule has 0 aromatic heterocycles. The lowest BCUT2D eigenvalue weighted by atomic mass is 10.1. The highest BCUT2D eigenvalue weighted by atomic mass is 79.9. The van der Waals surface area contributed by atoms with Crippen LogP contribution in [0.2, 0.25) is 0 Å². The molecular formula is C12H17BrFNO2S. The topological polar surface area (TPSA) is 46.2 Å². The third kappa shape index (κ3) is 4.33. The molecule has 0 aliphatic carbocycles. The summed E-state index contributed by atoms with van der Waals surface area (Å²) in [6.45, 7) is 5.78. The van der Waals surface area contributed by atoms with Gasteiger partial charge in [0.2, 0.25) is 10.0 Å². The molecule has 0 fully saturated rings. The summed E-state index contributed by atoms with van der Waals surface area (Å²) in [6, 6.07) is 3.68. The maximum absolute atomic E-state index is 13.6. The van der Waals surface area contributed by atoms with Crippen molar-refractivity contribution in [2.45, 2.75) is 38.1 Å². The Labute approximate surface area is 116 Å². The van der Waals surface area contributed by atoms with E-state index in [0.29, 0.717) is 16.8 Å². The van der Waals surface area contributed by atoms with Crippen LogP contribution in [0.15, 0.2) is 27.6 Å². The molecule has 1 aromatic rings. The van der Waals surface area contributed by atoms with Crippen LogP contribution in [0.25, 0.3) is 0 Å². The third-order valence-corrected chi connectivity index (χ3v) is 4.48. The fraction of sp³-hybridized carbons (Fsp3) is 0.500. The molecular weight excluding hydrogens is 321 g/mol. The maximum Gasteiger partial charge on any atom is 0.243 e. The van der Waals surface area contributed by atoms with Gasteiger partial charge in [0.25, 0.3) is 0 Å². The SMILES string of the molecule is CC(C)CC(C)NS(=O)(=O)c1ccc(Br)cc1F. The highest BCUT2D eigenvalue weighted by Gasteiger charge is 2.21. The quantitative estimate of drug-likeness (QED) is 0.895. The van der Waals surface area contributed by atoms with Crippen molar-refractivity contribution in [1.82, 2.24) is 4.72 Å². The van der Waals surface area contributed by atoms with Crippen molar-refractivity contribution in [2.24, 2.45) is 5.92 Å². The molecule has 1 rings (SSSR count). The zero-order chi connectivity index (χ0) is 13.9. The van der Waals surface area contributed by atoms with E-state index in [1.54, 1.807) is 6.92 Å². The van der Waals surface area contributed by atoms with Gasteiger partial charge in [0, 0.05) is 10.5 Å². The summed E-state index contributed by atoms with van der Waals surface area (Å²) in [6.07, 6.45) is 0.706. The van der Waals surface area contributed by atoms with Gasteiger partial charge in [-0.05, 0) is 37.5 Å². The second-order valence-electron chi connectivity index (χ2n) is 4.73. The predicted molar refractivity (Wildman–Crippen MR) is 73.3 cm³/mol. The van der Waals surface area contributed by atoms with Gasteiger partial charge in [0.15, 0.2) is 0 Å². The molecule has 1 N–H and O–H groups in total. The molecule has 0 heterocycles. The number of hydrogen-bond donors (Lipinski definition) is 1.